The number of benzene rings is 3. The summed E-state index contributed by atoms with van der Waals surface area (Å²) in [6.07, 6.45) is -0.740. The van der Waals surface area contributed by atoms with Crippen LogP contribution in [0.2, 0.25) is 0 Å². The maximum atomic E-state index is 12.4. The maximum Gasteiger partial charge on any atom is 0.265 e. The topological polar surface area (TPSA) is 84.5 Å². The van der Waals surface area contributed by atoms with Crippen molar-refractivity contribution in [3.63, 3.8) is 0 Å². The molecule has 6 heteroatoms. The van der Waals surface area contributed by atoms with Gasteiger partial charge in [-0.1, -0.05) is 30.3 Å². The fourth-order valence-electron chi connectivity index (χ4n) is 2.78. The second-order valence-electron chi connectivity index (χ2n) is 6.73. The van der Waals surface area contributed by atoms with E-state index in [-0.39, 0.29) is 17.6 Å². The molecule has 152 valence electrons. The second kappa shape index (κ2) is 9.52. The molecule has 3 aromatic carbocycles. The quantitative estimate of drug-likeness (QED) is 0.578. The molecular weight excluding hydrogens is 380 g/mol. The maximum absolute atomic E-state index is 12.4. The zero-order valence-corrected chi connectivity index (χ0v) is 16.7. The van der Waals surface area contributed by atoms with Crippen LogP contribution in [0, 0.1) is 0 Å². The molecule has 2 N–H and O–H groups in total. The van der Waals surface area contributed by atoms with Gasteiger partial charge in [0.1, 0.15) is 5.75 Å². The molecular formula is C24H22N2O4. The van der Waals surface area contributed by atoms with Crippen LogP contribution in [-0.4, -0.2) is 23.7 Å². The van der Waals surface area contributed by atoms with Crippen LogP contribution in [0.4, 0.5) is 11.4 Å². The fourth-order valence-corrected chi connectivity index (χ4v) is 2.78. The van der Waals surface area contributed by atoms with Gasteiger partial charge in [0.25, 0.3) is 5.91 Å². The lowest BCUT2D eigenvalue weighted by atomic mass is 10.0. The standard InChI is InChI=1S/C24H22N2O4/c1-16(24(29)26-21-12-10-20(11-13-21)25-17(2)27)30-22-14-8-19(9-15-22)23(28)18-6-4-3-5-7-18/h3-16H,1-2H3,(H,25,27)(H,26,29)/t16-/m0/s1. The van der Waals surface area contributed by atoms with E-state index in [1.165, 1.54) is 6.92 Å². The molecule has 30 heavy (non-hydrogen) atoms. The summed E-state index contributed by atoms with van der Waals surface area (Å²) in [5, 5.41) is 5.43. The van der Waals surface area contributed by atoms with Crippen molar-refractivity contribution in [1.82, 2.24) is 0 Å². The predicted molar refractivity (Wildman–Crippen MR) is 116 cm³/mol. The summed E-state index contributed by atoms with van der Waals surface area (Å²) in [6.45, 7) is 3.07. The minimum atomic E-state index is -0.740. The van der Waals surface area contributed by atoms with E-state index in [4.69, 9.17) is 4.74 Å². The minimum Gasteiger partial charge on any atom is -0.481 e. The Morgan fingerprint density at radius 3 is 1.83 bits per heavy atom. The number of hydrogen-bond acceptors (Lipinski definition) is 4. The monoisotopic (exact) mass is 402 g/mol. The van der Waals surface area contributed by atoms with E-state index in [0.29, 0.717) is 28.3 Å². The summed E-state index contributed by atoms with van der Waals surface area (Å²) in [6, 6.07) is 22.5. The SMILES string of the molecule is CC(=O)Nc1ccc(NC(=O)[C@H](C)Oc2ccc(C(=O)c3ccccc3)cc2)cc1. The van der Waals surface area contributed by atoms with Gasteiger partial charge in [-0.2, -0.15) is 0 Å². The highest BCUT2D eigenvalue weighted by Crippen LogP contribution is 2.18. The number of carbonyl (C=O) groups excluding carboxylic acids is 3. The average Bonchev–Trinajstić information content (AvgIpc) is 2.75. The summed E-state index contributed by atoms with van der Waals surface area (Å²) in [7, 11) is 0. The van der Waals surface area contributed by atoms with Gasteiger partial charge in [0.15, 0.2) is 11.9 Å². The van der Waals surface area contributed by atoms with Gasteiger partial charge in [0.2, 0.25) is 5.91 Å². The van der Waals surface area contributed by atoms with Crippen LogP contribution in [0.3, 0.4) is 0 Å². The van der Waals surface area contributed by atoms with Crippen LogP contribution >= 0.6 is 0 Å². The van der Waals surface area contributed by atoms with Crippen LogP contribution in [0.15, 0.2) is 78.9 Å². The summed E-state index contributed by atoms with van der Waals surface area (Å²) < 4.78 is 5.68. The van der Waals surface area contributed by atoms with E-state index in [1.54, 1.807) is 67.6 Å². The van der Waals surface area contributed by atoms with Crippen LogP contribution in [-0.2, 0) is 9.59 Å². The number of anilines is 2. The van der Waals surface area contributed by atoms with Crippen molar-refractivity contribution in [3.05, 3.63) is 90.0 Å². The van der Waals surface area contributed by atoms with E-state index in [2.05, 4.69) is 10.6 Å². The highest BCUT2D eigenvalue weighted by Gasteiger charge is 2.16. The molecule has 0 saturated carbocycles. The van der Waals surface area contributed by atoms with E-state index in [0.717, 1.165) is 0 Å². The van der Waals surface area contributed by atoms with Crippen LogP contribution in [0.5, 0.6) is 5.75 Å². The van der Waals surface area contributed by atoms with Crippen molar-refractivity contribution in [2.75, 3.05) is 10.6 Å². The van der Waals surface area contributed by atoms with Crippen molar-refractivity contribution < 1.29 is 19.1 Å². The molecule has 0 aliphatic heterocycles. The smallest absolute Gasteiger partial charge is 0.265 e. The zero-order valence-electron chi connectivity index (χ0n) is 16.7. The molecule has 2 amide bonds. The molecule has 0 aliphatic rings. The Bertz CT molecular complexity index is 1030. The third-order valence-electron chi connectivity index (χ3n) is 4.31. The number of ketones is 1. The van der Waals surface area contributed by atoms with E-state index in [1.807, 2.05) is 18.2 Å². The van der Waals surface area contributed by atoms with Gasteiger partial charge in [-0.15, -0.1) is 0 Å². The normalized spacial score (nSPS) is 11.3. The molecule has 0 spiro atoms. The highest BCUT2D eigenvalue weighted by molar-refractivity contribution is 6.09. The lowest BCUT2D eigenvalue weighted by molar-refractivity contribution is -0.122. The molecule has 0 unspecified atom stereocenters. The summed E-state index contributed by atoms with van der Waals surface area (Å²) in [4.78, 5) is 35.9. The zero-order chi connectivity index (χ0) is 21.5. The Labute approximate surface area is 174 Å². The van der Waals surface area contributed by atoms with E-state index < -0.39 is 6.10 Å². The third kappa shape index (κ3) is 5.54. The highest BCUT2D eigenvalue weighted by atomic mass is 16.5. The number of carbonyl (C=O) groups is 3. The molecule has 0 heterocycles. The van der Waals surface area contributed by atoms with Gasteiger partial charge in [-0.3, -0.25) is 14.4 Å². The first-order valence-corrected chi connectivity index (χ1v) is 9.47. The first kappa shape index (κ1) is 20.8. The van der Waals surface area contributed by atoms with E-state index in [9.17, 15) is 14.4 Å². The predicted octanol–water partition coefficient (Wildman–Crippen LogP) is 4.28. The molecule has 0 radical (unpaired) electrons. The van der Waals surface area contributed by atoms with Crippen molar-refractivity contribution in [2.45, 2.75) is 20.0 Å². The van der Waals surface area contributed by atoms with Gasteiger partial charge >= 0.3 is 0 Å². The molecule has 0 aliphatic carbocycles. The van der Waals surface area contributed by atoms with Crippen molar-refractivity contribution in [2.24, 2.45) is 0 Å². The Morgan fingerprint density at radius 1 is 0.733 bits per heavy atom. The Hall–Kier alpha value is -3.93. The summed E-state index contributed by atoms with van der Waals surface area (Å²) >= 11 is 0. The summed E-state index contributed by atoms with van der Waals surface area (Å²) in [5.74, 6) is -0.0593. The number of amides is 2. The average molecular weight is 402 g/mol. The fraction of sp³-hybridized carbons (Fsp3) is 0.125. The van der Waals surface area contributed by atoms with Crippen molar-refractivity contribution >= 4 is 29.0 Å². The molecule has 3 rings (SSSR count). The molecule has 1 atom stereocenters. The van der Waals surface area contributed by atoms with Gasteiger partial charge in [0, 0.05) is 29.4 Å². The van der Waals surface area contributed by atoms with Crippen LogP contribution in [0.1, 0.15) is 29.8 Å². The van der Waals surface area contributed by atoms with Gasteiger partial charge in [0.05, 0.1) is 0 Å². The molecule has 0 bridgehead atoms. The summed E-state index contributed by atoms with van der Waals surface area (Å²) in [5.41, 5.74) is 2.40. The Balaban J connectivity index is 1.57. The first-order chi connectivity index (χ1) is 14.4. The van der Waals surface area contributed by atoms with Crippen molar-refractivity contribution in [3.8, 4) is 5.75 Å². The van der Waals surface area contributed by atoms with Crippen molar-refractivity contribution in [1.29, 1.82) is 0 Å². The number of nitrogens with one attached hydrogen (secondary N) is 2. The van der Waals surface area contributed by atoms with E-state index >= 15 is 0 Å². The largest absolute Gasteiger partial charge is 0.481 e. The molecule has 3 aromatic rings. The lowest BCUT2D eigenvalue weighted by Crippen LogP contribution is -2.30. The Morgan fingerprint density at radius 2 is 1.27 bits per heavy atom. The number of hydrogen-bond donors (Lipinski definition) is 2. The minimum absolute atomic E-state index is 0.0735. The second-order valence-corrected chi connectivity index (χ2v) is 6.73. The van der Waals surface area contributed by atoms with Crippen LogP contribution < -0.4 is 15.4 Å². The molecule has 6 nitrogen and oxygen atoms in total. The number of ether oxygens (including phenoxy) is 1. The Kier molecular flexibility index (Phi) is 6.60. The molecule has 0 saturated heterocycles. The molecule has 0 fully saturated rings. The van der Waals surface area contributed by atoms with Crippen LogP contribution in [0.25, 0.3) is 0 Å². The lowest BCUT2D eigenvalue weighted by Gasteiger charge is -2.15. The van der Waals surface area contributed by atoms with Gasteiger partial charge in [-0.05, 0) is 55.5 Å². The number of rotatable bonds is 7. The van der Waals surface area contributed by atoms with Gasteiger partial charge < -0.3 is 15.4 Å². The third-order valence-corrected chi connectivity index (χ3v) is 4.31. The first-order valence-electron chi connectivity index (χ1n) is 9.47. The van der Waals surface area contributed by atoms with Gasteiger partial charge in [-0.25, -0.2) is 0 Å². The molecule has 0 aromatic heterocycles.